The third-order valence-corrected chi connectivity index (χ3v) is 4.83. The fourth-order valence-electron chi connectivity index (χ4n) is 3.20. The summed E-state index contributed by atoms with van der Waals surface area (Å²) >= 11 is 0. The summed E-state index contributed by atoms with van der Waals surface area (Å²) in [4.78, 5) is 27.3. The second-order valence-corrected chi connectivity index (χ2v) is 7.06. The number of aryl methyl sites for hydroxylation is 2. The Balaban J connectivity index is 1.57. The molecule has 0 radical (unpaired) electrons. The number of carbonyl (C=O) groups is 2. The van der Waals surface area contributed by atoms with E-state index in [1.165, 1.54) is 0 Å². The van der Waals surface area contributed by atoms with Crippen LogP contribution in [0.15, 0.2) is 42.5 Å². The summed E-state index contributed by atoms with van der Waals surface area (Å²) in [7, 11) is 0. The standard InChI is InChI=1S/C22H27N3O3/c1-16-6-7-20(17(2)14-16)24-22(27)19-5-3-4-18(15-19)21(26)23-8-9-25-10-12-28-13-11-25/h3-7,14-15H,8-13H2,1-2H3,(H,23,26)(H,24,27). The molecule has 0 unspecified atom stereocenters. The molecule has 0 aromatic heterocycles. The van der Waals surface area contributed by atoms with Gasteiger partial charge in [-0.25, -0.2) is 0 Å². The quantitative estimate of drug-likeness (QED) is 0.807. The van der Waals surface area contributed by atoms with Crippen molar-refractivity contribution in [2.45, 2.75) is 13.8 Å². The zero-order chi connectivity index (χ0) is 19.9. The van der Waals surface area contributed by atoms with Crippen molar-refractivity contribution in [1.29, 1.82) is 0 Å². The average molecular weight is 381 g/mol. The Morgan fingerprint density at radius 3 is 2.43 bits per heavy atom. The van der Waals surface area contributed by atoms with E-state index in [1.54, 1.807) is 24.3 Å². The summed E-state index contributed by atoms with van der Waals surface area (Å²) in [5, 5.41) is 5.84. The van der Waals surface area contributed by atoms with Gasteiger partial charge < -0.3 is 15.4 Å². The minimum atomic E-state index is -0.227. The van der Waals surface area contributed by atoms with E-state index in [1.807, 2.05) is 32.0 Å². The van der Waals surface area contributed by atoms with Crippen molar-refractivity contribution in [2.75, 3.05) is 44.7 Å². The van der Waals surface area contributed by atoms with Crippen LogP contribution in [0.4, 0.5) is 5.69 Å². The Morgan fingerprint density at radius 2 is 1.71 bits per heavy atom. The Hall–Kier alpha value is -2.70. The van der Waals surface area contributed by atoms with Crippen molar-refractivity contribution in [3.8, 4) is 0 Å². The van der Waals surface area contributed by atoms with Gasteiger partial charge >= 0.3 is 0 Å². The Kier molecular flexibility index (Phi) is 6.79. The molecule has 0 bridgehead atoms. The molecule has 1 saturated heterocycles. The molecule has 2 amide bonds. The van der Waals surface area contributed by atoms with Crippen LogP contribution in [-0.2, 0) is 4.74 Å². The van der Waals surface area contributed by atoms with Crippen molar-refractivity contribution in [3.63, 3.8) is 0 Å². The van der Waals surface area contributed by atoms with Crippen molar-refractivity contribution >= 4 is 17.5 Å². The van der Waals surface area contributed by atoms with Crippen molar-refractivity contribution in [1.82, 2.24) is 10.2 Å². The zero-order valence-electron chi connectivity index (χ0n) is 16.5. The molecule has 1 aliphatic heterocycles. The summed E-state index contributed by atoms with van der Waals surface area (Å²) in [5.41, 5.74) is 3.86. The fraction of sp³-hybridized carbons (Fsp3) is 0.364. The van der Waals surface area contributed by atoms with Crippen LogP contribution >= 0.6 is 0 Å². The van der Waals surface area contributed by atoms with Gasteiger partial charge in [0.05, 0.1) is 13.2 Å². The van der Waals surface area contributed by atoms with Crippen molar-refractivity contribution < 1.29 is 14.3 Å². The van der Waals surface area contributed by atoms with E-state index < -0.39 is 0 Å². The highest BCUT2D eigenvalue weighted by Gasteiger charge is 2.13. The van der Waals surface area contributed by atoms with Crippen molar-refractivity contribution in [3.05, 3.63) is 64.7 Å². The van der Waals surface area contributed by atoms with Crippen LogP contribution in [0.3, 0.4) is 0 Å². The van der Waals surface area contributed by atoms with Crippen LogP contribution in [0.1, 0.15) is 31.8 Å². The van der Waals surface area contributed by atoms with Gasteiger partial charge in [0.2, 0.25) is 0 Å². The van der Waals surface area contributed by atoms with Gasteiger partial charge in [-0.2, -0.15) is 0 Å². The minimum Gasteiger partial charge on any atom is -0.379 e. The van der Waals surface area contributed by atoms with E-state index in [-0.39, 0.29) is 11.8 Å². The number of amides is 2. The predicted molar refractivity (Wildman–Crippen MR) is 110 cm³/mol. The molecule has 2 aromatic rings. The van der Waals surface area contributed by atoms with E-state index in [0.29, 0.717) is 17.7 Å². The molecule has 0 saturated carbocycles. The molecule has 1 fully saturated rings. The monoisotopic (exact) mass is 381 g/mol. The molecule has 6 heteroatoms. The first-order valence-corrected chi connectivity index (χ1v) is 9.60. The molecule has 2 N–H and O–H groups in total. The summed E-state index contributed by atoms with van der Waals surface area (Å²) in [5.74, 6) is -0.399. The Bertz CT molecular complexity index is 845. The maximum atomic E-state index is 12.6. The van der Waals surface area contributed by atoms with Gasteiger partial charge in [0.1, 0.15) is 0 Å². The number of rotatable bonds is 6. The van der Waals surface area contributed by atoms with Crippen LogP contribution in [0.5, 0.6) is 0 Å². The first kappa shape index (κ1) is 20.0. The number of ether oxygens (including phenoxy) is 1. The van der Waals surface area contributed by atoms with E-state index >= 15 is 0 Å². The highest BCUT2D eigenvalue weighted by Crippen LogP contribution is 2.17. The molecule has 0 spiro atoms. The lowest BCUT2D eigenvalue weighted by molar-refractivity contribution is 0.0383. The van der Waals surface area contributed by atoms with E-state index in [9.17, 15) is 9.59 Å². The highest BCUT2D eigenvalue weighted by atomic mass is 16.5. The molecular formula is C22H27N3O3. The smallest absolute Gasteiger partial charge is 0.255 e. The summed E-state index contributed by atoms with van der Waals surface area (Å²) < 4.78 is 5.32. The van der Waals surface area contributed by atoms with Crippen LogP contribution in [0.2, 0.25) is 0 Å². The molecule has 1 aliphatic rings. The number of hydrogen-bond acceptors (Lipinski definition) is 4. The molecule has 28 heavy (non-hydrogen) atoms. The molecule has 148 valence electrons. The van der Waals surface area contributed by atoms with Crippen LogP contribution in [0, 0.1) is 13.8 Å². The average Bonchev–Trinajstić information content (AvgIpc) is 2.71. The number of nitrogens with one attached hydrogen (secondary N) is 2. The largest absolute Gasteiger partial charge is 0.379 e. The summed E-state index contributed by atoms with van der Waals surface area (Å²) in [6.45, 7) is 8.60. The molecule has 6 nitrogen and oxygen atoms in total. The highest BCUT2D eigenvalue weighted by molar-refractivity contribution is 6.06. The first-order chi connectivity index (χ1) is 13.5. The van der Waals surface area contributed by atoms with Gasteiger partial charge in [-0.15, -0.1) is 0 Å². The third kappa shape index (κ3) is 5.41. The minimum absolute atomic E-state index is 0.172. The third-order valence-electron chi connectivity index (χ3n) is 4.83. The Labute approximate surface area is 165 Å². The Morgan fingerprint density at radius 1 is 1.00 bits per heavy atom. The number of anilines is 1. The molecule has 2 aromatic carbocycles. The van der Waals surface area contributed by atoms with Gasteiger partial charge in [0, 0.05) is 43.0 Å². The van der Waals surface area contributed by atoms with E-state index in [4.69, 9.17) is 4.74 Å². The van der Waals surface area contributed by atoms with Gasteiger partial charge in [-0.05, 0) is 43.7 Å². The molecular weight excluding hydrogens is 354 g/mol. The number of hydrogen-bond donors (Lipinski definition) is 2. The summed E-state index contributed by atoms with van der Waals surface area (Å²) in [6, 6.07) is 12.7. The maximum Gasteiger partial charge on any atom is 0.255 e. The molecule has 0 aliphatic carbocycles. The first-order valence-electron chi connectivity index (χ1n) is 9.60. The van der Waals surface area contributed by atoms with Crippen molar-refractivity contribution in [2.24, 2.45) is 0 Å². The summed E-state index contributed by atoms with van der Waals surface area (Å²) in [6.07, 6.45) is 0. The van der Waals surface area contributed by atoms with E-state index in [2.05, 4.69) is 15.5 Å². The second kappa shape index (κ2) is 9.48. The SMILES string of the molecule is Cc1ccc(NC(=O)c2cccc(C(=O)NCCN3CCOCC3)c2)c(C)c1. The zero-order valence-corrected chi connectivity index (χ0v) is 16.5. The maximum absolute atomic E-state index is 12.6. The number of nitrogens with zero attached hydrogens (tertiary/aromatic N) is 1. The van der Waals surface area contributed by atoms with Gasteiger partial charge in [-0.3, -0.25) is 14.5 Å². The molecule has 1 heterocycles. The number of morpholine rings is 1. The van der Waals surface area contributed by atoms with Crippen LogP contribution in [0.25, 0.3) is 0 Å². The normalized spacial score (nSPS) is 14.5. The lowest BCUT2D eigenvalue weighted by atomic mass is 10.1. The lowest BCUT2D eigenvalue weighted by Gasteiger charge is -2.26. The van der Waals surface area contributed by atoms with Crippen LogP contribution < -0.4 is 10.6 Å². The predicted octanol–water partition coefficient (Wildman–Crippen LogP) is 2.62. The molecule has 3 rings (SSSR count). The topological polar surface area (TPSA) is 70.7 Å². The van der Waals surface area contributed by atoms with Gasteiger partial charge in [-0.1, -0.05) is 23.8 Å². The van der Waals surface area contributed by atoms with Gasteiger partial charge in [0.15, 0.2) is 0 Å². The van der Waals surface area contributed by atoms with Crippen LogP contribution in [-0.4, -0.2) is 56.1 Å². The lowest BCUT2D eigenvalue weighted by Crippen LogP contribution is -2.41. The van der Waals surface area contributed by atoms with Gasteiger partial charge in [0.25, 0.3) is 11.8 Å². The van der Waals surface area contributed by atoms with E-state index in [0.717, 1.165) is 49.7 Å². The number of carbonyl (C=O) groups excluding carboxylic acids is 2. The fourth-order valence-corrected chi connectivity index (χ4v) is 3.20. The second-order valence-electron chi connectivity index (χ2n) is 7.06. The molecule has 0 atom stereocenters. The number of benzene rings is 2.